The molecule has 0 radical (unpaired) electrons. The van der Waals surface area contributed by atoms with Gasteiger partial charge in [-0.2, -0.15) is 0 Å². The van der Waals surface area contributed by atoms with Gasteiger partial charge < -0.3 is 10.3 Å². The highest BCUT2D eigenvalue weighted by molar-refractivity contribution is 5.56. The fourth-order valence-electron chi connectivity index (χ4n) is 0.597. The number of rotatable bonds is 5. The molecular weight excluding hydrogens is 112 g/mol. The van der Waals surface area contributed by atoms with Gasteiger partial charge in [0.15, 0.2) is 0 Å². The Labute approximate surface area is 57.4 Å². The summed E-state index contributed by atoms with van der Waals surface area (Å²) in [5.41, 5.74) is 0. The Kier molecular flexibility index (Phi) is 7.32. The normalized spacial score (nSPS) is 10.9. The predicted octanol–water partition coefficient (Wildman–Crippen LogP) is 1.08. The van der Waals surface area contributed by atoms with E-state index in [1.54, 1.807) is 7.05 Å². The molecule has 0 saturated carbocycles. The molecule has 0 saturated heterocycles. The van der Waals surface area contributed by atoms with E-state index in [4.69, 9.17) is 0 Å². The van der Waals surface area contributed by atoms with Crippen molar-refractivity contribution in [3.05, 3.63) is 0 Å². The molecule has 9 heavy (non-hydrogen) atoms. The molecule has 0 amide bonds. The van der Waals surface area contributed by atoms with Gasteiger partial charge in [0.25, 0.3) is 0 Å². The van der Waals surface area contributed by atoms with Crippen LogP contribution >= 0.6 is 0 Å². The van der Waals surface area contributed by atoms with Crippen LogP contribution in [0, 0.1) is 0 Å². The minimum atomic E-state index is 1.05. The largest absolute Gasteiger partial charge is 0.316 e. The molecule has 0 aliphatic rings. The maximum absolute atomic E-state index is 3.87. The van der Waals surface area contributed by atoms with Gasteiger partial charge in [-0.1, -0.05) is 6.92 Å². The van der Waals surface area contributed by atoms with E-state index in [9.17, 15) is 0 Å². The Bertz CT molecular complexity index is 69.3. The lowest BCUT2D eigenvalue weighted by Gasteiger charge is -1.96. The van der Waals surface area contributed by atoms with Crippen molar-refractivity contribution in [2.24, 2.45) is 4.99 Å². The van der Waals surface area contributed by atoms with Crippen LogP contribution in [-0.4, -0.2) is 26.4 Å². The second-order valence-corrected chi connectivity index (χ2v) is 1.98. The molecule has 0 aromatic heterocycles. The second kappa shape index (κ2) is 7.63. The molecule has 1 N–H and O–H groups in total. The lowest BCUT2D eigenvalue weighted by Crippen LogP contribution is -2.15. The van der Waals surface area contributed by atoms with Crippen molar-refractivity contribution in [2.75, 3.05) is 20.1 Å². The Balaban J connectivity index is 2.75. The van der Waals surface area contributed by atoms with Crippen molar-refractivity contribution in [2.45, 2.75) is 19.8 Å². The minimum Gasteiger partial charge on any atom is -0.316 e. The standard InChI is InChI=1S/C7H16N2/c1-3-5-9-7-4-6-8-2/h6,9H,3-5,7H2,1-2H3. The van der Waals surface area contributed by atoms with Crippen LogP contribution in [0.15, 0.2) is 4.99 Å². The van der Waals surface area contributed by atoms with Gasteiger partial charge in [0, 0.05) is 13.6 Å². The van der Waals surface area contributed by atoms with E-state index < -0.39 is 0 Å². The second-order valence-electron chi connectivity index (χ2n) is 1.98. The van der Waals surface area contributed by atoms with Crippen molar-refractivity contribution < 1.29 is 0 Å². The molecule has 0 fully saturated rings. The number of hydrogen-bond donors (Lipinski definition) is 1. The number of aliphatic imine (C=N–C) groups is 1. The average Bonchev–Trinajstić information content (AvgIpc) is 1.89. The number of hydrogen-bond acceptors (Lipinski definition) is 2. The van der Waals surface area contributed by atoms with Gasteiger partial charge in [0.2, 0.25) is 0 Å². The third kappa shape index (κ3) is 7.63. The Hall–Kier alpha value is -0.370. The first-order valence-electron chi connectivity index (χ1n) is 3.53. The third-order valence-corrected chi connectivity index (χ3v) is 1.06. The van der Waals surface area contributed by atoms with Crippen molar-refractivity contribution in [3.8, 4) is 0 Å². The quantitative estimate of drug-likeness (QED) is 0.435. The fourth-order valence-corrected chi connectivity index (χ4v) is 0.597. The summed E-state index contributed by atoms with van der Waals surface area (Å²) in [5.74, 6) is 0. The molecule has 2 heteroatoms. The molecule has 0 aliphatic heterocycles. The van der Waals surface area contributed by atoms with Crippen molar-refractivity contribution in [1.82, 2.24) is 5.32 Å². The summed E-state index contributed by atoms with van der Waals surface area (Å²) in [6, 6.07) is 0. The molecule has 0 atom stereocenters. The summed E-state index contributed by atoms with van der Waals surface area (Å²) < 4.78 is 0. The molecule has 0 aromatic carbocycles. The van der Waals surface area contributed by atoms with Gasteiger partial charge in [0.1, 0.15) is 0 Å². The summed E-state index contributed by atoms with van der Waals surface area (Å²) in [5, 5.41) is 3.28. The van der Waals surface area contributed by atoms with E-state index in [2.05, 4.69) is 17.2 Å². The molecule has 0 aliphatic carbocycles. The van der Waals surface area contributed by atoms with Gasteiger partial charge in [-0.3, -0.25) is 0 Å². The molecule has 0 aromatic rings. The zero-order chi connectivity index (χ0) is 6.95. The van der Waals surface area contributed by atoms with Crippen molar-refractivity contribution in [3.63, 3.8) is 0 Å². The molecule has 0 unspecified atom stereocenters. The van der Waals surface area contributed by atoms with Gasteiger partial charge >= 0.3 is 0 Å². The van der Waals surface area contributed by atoms with Crippen LogP contribution in [0.1, 0.15) is 19.8 Å². The highest BCUT2D eigenvalue weighted by atomic mass is 14.8. The molecule has 2 nitrogen and oxygen atoms in total. The van der Waals surface area contributed by atoms with E-state index >= 15 is 0 Å². The highest BCUT2D eigenvalue weighted by Crippen LogP contribution is 1.72. The minimum absolute atomic E-state index is 1.05. The third-order valence-electron chi connectivity index (χ3n) is 1.06. The lowest BCUT2D eigenvalue weighted by atomic mass is 10.4. The monoisotopic (exact) mass is 128 g/mol. The first-order valence-corrected chi connectivity index (χ1v) is 3.53. The molecule has 0 spiro atoms. The van der Waals surface area contributed by atoms with Crippen LogP contribution in [0.2, 0.25) is 0 Å². The Morgan fingerprint density at radius 1 is 1.44 bits per heavy atom. The summed E-state index contributed by atoms with van der Waals surface area (Å²) in [6.07, 6.45) is 4.20. The predicted molar refractivity (Wildman–Crippen MR) is 42.2 cm³/mol. The molecule has 0 bridgehead atoms. The molecule has 54 valence electrons. The first kappa shape index (κ1) is 8.63. The van der Waals surface area contributed by atoms with Crippen LogP contribution in [-0.2, 0) is 0 Å². The van der Waals surface area contributed by atoms with E-state index in [0.717, 1.165) is 19.5 Å². The Morgan fingerprint density at radius 2 is 2.22 bits per heavy atom. The van der Waals surface area contributed by atoms with Crippen LogP contribution in [0.5, 0.6) is 0 Å². The van der Waals surface area contributed by atoms with Gasteiger partial charge in [-0.15, -0.1) is 0 Å². The Morgan fingerprint density at radius 3 is 2.78 bits per heavy atom. The average molecular weight is 128 g/mol. The fraction of sp³-hybridized carbons (Fsp3) is 0.857. The van der Waals surface area contributed by atoms with Crippen molar-refractivity contribution in [1.29, 1.82) is 0 Å². The zero-order valence-electron chi connectivity index (χ0n) is 6.35. The highest BCUT2D eigenvalue weighted by Gasteiger charge is 1.79. The molecule has 0 rings (SSSR count). The van der Waals surface area contributed by atoms with E-state index in [1.807, 2.05) is 6.21 Å². The number of nitrogens with zero attached hydrogens (tertiary/aromatic N) is 1. The van der Waals surface area contributed by atoms with E-state index in [1.165, 1.54) is 6.42 Å². The summed E-state index contributed by atoms with van der Waals surface area (Å²) in [7, 11) is 1.81. The van der Waals surface area contributed by atoms with Crippen LogP contribution in [0.4, 0.5) is 0 Å². The molecule has 0 heterocycles. The zero-order valence-corrected chi connectivity index (χ0v) is 6.35. The van der Waals surface area contributed by atoms with Crippen LogP contribution in [0.3, 0.4) is 0 Å². The smallest absolute Gasteiger partial charge is 0.0273 e. The first-order chi connectivity index (χ1) is 4.41. The van der Waals surface area contributed by atoms with Gasteiger partial charge in [-0.05, 0) is 25.6 Å². The van der Waals surface area contributed by atoms with Crippen molar-refractivity contribution >= 4 is 6.21 Å². The van der Waals surface area contributed by atoms with E-state index in [-0.39, 0.29) is 0 Å². The maximum Gasteiger partial charge on any atom is 0.0273 e. The van der Waals surface area contributed by atoms with Gasteiger partial charge in [-0.25, -0.2) is 0 Å². The molecular formula is C7H16N2. The number of nitrogens with one attached hydrogen (secondary N) is 1. The topological polar surface area (TPSA) is 24.4 Å². The van der Waals surface area contributed by atoms with Crippen LogP contribution < -0.4 is 5.32 Å². The summed E-state index contributed by atoms with van der Waals surface area (Å²) in [4.78, 5) is 3.87. The SMILES string of the molecule is CCCNCCC=NC. The van der Waals surface area contributed by atoms with Crippen LogP contribution in [0.25, 0.3) is 0 Å². The summed E-state index contributed by atoms with van der Waals surface area (Å²) in [6.45, 7) is 4.35. The lowest BCUT2D eigenvalue weighted by molar-refractivity contribution is 0.688. The van der Waals surface area contributed by atoms with Gasteiger partial charge in [0.05, 0.1) is 0 Å². The summed E-state index contributed by atoms with van der Waals surface area (Å²) >= 11 is 0. The maximum atomic E-state index is 3.87. The van der Waals surface area contributed by atoms with E-state index in [0.29, 0.717) is 0 Å².